The van der Waals surface area contributed by atoms with E-state index in [9.17, 15) is 14.0 Å². The smallest absolute Gasteiger partial charge is 0.256 e. The average Bonchev–Trinajstić information content (AvgIpc) is 2.74. The Hall–Kier alpha value is -2.69. The highest BCUT2D eigenvalue weighted by Gasteiger charge is 2.29. The summed E-state index contributed by atoms with van der Waals surface area (Å²) in [6, 6.07) is 12.6. The van der Waals surface area contributed by atoms with Gasteiger partial charge in [0.1, 0.15) is 5.82 Å². The monoisotopic (exact) mass is 396 g/mol. The number of nitrogens with zero attached hydrogens (tertiary/aromatic N) is 1. The van der Waals surface area contributed by atoms with Crippen LogP contribution in [0, 0.1) is 18.7 Å². The molecule has 0 saturated carbocycles. The van der Waals surface area contributed by atoms with E-state index >= 15 is 0 Å². The molecule has 0 bridgehead atoms. The van der Waals surface area contributed by atoms with E-state index in [4.69, 9.17) is 0 Å². The standard InChI is InChI=1S/C24H29FN2O2/c1-3-4-13-26-23(28)20-6-5-14-27(16-20)24(29)21-12-11-19(15-22(21)25)18-9-7-17(2)8-10-18/h7-12,15,20H,3-6,13-14,16H2,1-2H3,(H,26,28). The quantitative estimate of drug-likeness (QED) is 0.727. The van der Waals surface area contributed by atoms with Crippen LogP contribution in [0.25, 0.3) is 11.1 Å². The summed E-state index contributed by atoms with van der Waals surface area (Å²) in [6.45, 7) is 5.63. The molecular formula is C24H29FN2O2. The molecule has 1 atom stereocenters. The summed E-state index contributed by atoms with van der Waals surface area (Å²) in [6.07, 6.45) is 3.48. The Balaban J connectivity index is 1.69. The van der Waals surface area contributed by atoms with Crippen molar-refractivity contribution in [3.63, 3.8) is 0 Å². The first-order valence-electron chi connectivity index (χ1n) is 10.4. The van der Waals surface area contributed by atoms with Gasteiger partial charge in [-0.15, -0.1) is 0 Å². The molecule has 1 aliphatic rings. The lowest BCUT2D eigenvalue weighted by molar-refractivity contribution is -0.126. The van der Waals surface area contributed by atoms with Gasteiger partial charge in [0.25, 0.3) is 5.91 Å². The van der Waals surface area contributed by atoms with E-state index in [-0.39, 0.29) is 23.3 Å². The molecular weight excluding hydrogens is 367 g/mol. The van der Waals surface area contributed by atoms with Gasteiger partial charge in [0.05, 0.1) is 11.5 Å². The fourth-order valence-corrected chi connectivity index (χ4v) is 3.69. The molecule has 1 saturated heterocycles. The second-order valence-electron chi connectivity index (χ2n) is 7.80. The minimum Gasteiger partial charge on any atom is -0.356 e. The first kappa shape index (κ1) is 21.0. The Bertz CT molecular complexity index is 864. The summed E-state index contributed by atoms with van der Waals surface area (Å²) in [7, 11) is 0. The van der Waals surface area contributed by atoms with Crippen molar-refractivity contribution < 1.29 is 14.0 Å². The van der Waals surface area contributed by atoms with Crippen molar-refractivity contribution in [3.8, 4) is 11.1 Å². The lowest BCUT2D eigenvalue weighted by Gasteiger charge is -2.32. The van der Waals surface area contributed by atoms with Crippen LogP contribution < -0.4 is 5.32 Å². The second kappa shape index (κ2) is 9.68. The number of amides is 2. The van der Waals surface area contributed by atoms with Crippen molar-refractivity contribution in [1.82, 2.24) is 10.2 Å². The van der Waals surface area contributed by atoms with Crippen molar-refractivity contribution in [2.24, 2.45) is 5.92 Å². The lowest BCUT2D eigenvalue weighted by Crippen LogP contribution is -2.45. The van der Waals surface area contributed by atoms with Crippen molar-refractivity contribution in [2.75, 3.05) is 19.6 Å². The number of unbranched alkanes of at least 4 members (excludes halogenated alkanes) is 1. The van der Waals surface area contributed by atoms with E-state index in [2.05, 4.69) is 12.2 Å². The molecule has 0 aliphatic carbocycles. The maximum absolute atomic E-state index is 14.8. The second-order valence-corrected chi connectivity index (χ2v) is 7.80. The zero-order valence-corrected chi connectivity index (χ0v) is 17.2. The minimum absolute atomic E-state index is 0.00820. The van der Waals surface area contributed by atoms with Crippen molar-refractivity contribution in [1.29, 1.82) is 0 Å². The normalized spacial score (nSPS) is 16.5. The molecule has 0 aromatic heterocycles. The van der Waals surface area contributed by atoms with Crippen LogP contribution >= 0.6 is 0 Å². The number of hydrogen-bond acceptors (Lipinski definition) is 2. The van der Waals surface area contributed by atoms with Gasteiger partial charge in [-0.3, -0.25) is 9.59 Å². The van der Waals surface area contributed by atoms with Gasteiger partial charge in [0.2, 0.25) is 5.91 Å². The van der Waals surface area contributed by atoms with Gasteiger partial charge < -0.3 is 10.2 Å². The first-order chi connectivity index (χ1) is 14.0. The van der Waals surface area contributed by atoms with Gasteiger partial charge in [0.15, 0.2) is 0 Å². The lowest BCUT2D eigenvalue weighted by atomic mass is 9.96. The molecule has 1 aliphatic heterocycles. The predicted molar refractivity (Wildman–Crippen MR) is 113 cm³/mol. The summed E-state index contributed by atoms with van der Waals surface area (Å²) in [5, 5.41) is 2.94. The SMILES string of the molecule is CCCCNC(=O)C1CCCN(C(=O)c2ccc(-c3ccc(C)cc3)cc2F)C1. The van der Waals surface area contributed by atoms with Crippen LogP contribution in [0.3, 0.4) is 0 Å². The van der Waals surface area contributed by atoms with Gasteiger partial charge in [-0.25, -0.2) is 4.39 Å². The molecule has 0 spiro atoms. The number of rotatable bonds is 6. The Morgan fingerprint density at radius 3 is 2.55 bits per heavy atom. The van der Waals surface area contributed by atoms with Gasteiger partial charge >= 0.3 is 0 Å². The van der Waals surface area contributed by atoms with Crippen LogP contribution in [0.2, 0.25) is 0 Å². The van der Waals surface area contributed by atoms with Crippen molar-refractivity contribution in [3.05, 3.63) is 59.4 Å². The molecule has 0 radical (unpaired) electrons. The van der Waals surface area contributed by atoms with Crippen LogP contribution in [0.5, 0.6) is 0 Å². The number of piperidine rings is 1. The number of carbonyl (C=O) groups is 2. The Labute approximate surface area is 172 Å². The number of hydrogen-bond donors (Lipinski definition) is 1. The first-order valence-corrected chi connectivity index (χ1v) is 10.4. The van der Waals surface area contributed by atoms with E-state index < -0.39 is 5.82 Å². The third-order valence-electron chi connectivity index (χ3n) is 5.49. The molecule has 3 rings (SSSR count). The molecule has 1 fully saturated rings. The van der Waals surface area contributed by atoms with Crippen molar-refractivity contribution >= 4 is 11.8 Å². The Kier molecular flexibility index (Phi) is 7.02. The molecule has 154 valence electrons. The number of nitrogens with one attached hydrogen (secondary N) is 1. The highest BCUT2D eigenvalue weighted by Crippen LogP contribution is 2.25. The maximum Gasteiger partial charge on any atom is 0.256 e. The molecule has 2 aromatic carbocycles. The van der Waals surface area contributed by atoms with E-state index in [1.165, 1.54) is 6.07 Å². The van der Waals surface area contributed by atoms with E-state index in [1.807, 2.05) is 31.2 Å². The summed E-state index contributed by atoms with van der Waals surface area (Å²) in [5.41, 5.74) is 2.86. The topological polar surface area (TPSA) is 49.4 Å². The third kappa shape index (κ3) is 5.22. The highest BCUT2D eigenvalue weighted by molar-refractivity contribution is 5.95. The van der Waals surface area contributed by atoms with Gasteiger partial charge in [-0.2, -0.15) is 0 Å². The Morgan fingerprint density at radius 2 is 1.86 bits per heavy atom. The molecule has 5 heteroatoms. The number of carbonyl (C=O) groups excluding carboxylic acids is 2. The zero-order valence-electron chi connectivity index (χ0n) is 17.2. The fourth-order valence-electron chi connectivity index (χ4n) is 3.69. The minimum atomic E-state index is -0.525. The third-order valence-corrected chi connectivity index (χ3v) is 5.49. The predicted octanol–water partition coefficient (Wildman–Crippen LogP) is 4.57. The molecule has 29 heavy (non-hydrogen) atoms. The van der Waals surface area contributed by atoms with Crippen LogP contribution in [0.1, 0.15) is 48.5 Å². The zero-order chi connectivity index (χ0) is 20.8. The van der Waals surface area contributed by atoms with Gasteiger partial charge in [-0.05, 0) is 49.4 Å². The largest absolute Gasteiger partial charge is 0.356 e. The van der Waals surface area contributed by atoms with Crippen LogP contribution in [-0.2, 0) is 4.79 Å². The number of halogens is 1. The molecule has 4 nitrogen and oxygen atoms in total. The van der Waals surface area contributed by atoms with E-state index in [1.54, 1.807) is 17.0 Å². The van der Waals surface area contributed by atoms with Crippen LogP contribution in [0.15, 0.2) is 42.5 Å². The van der Waals surface area contributed by atoms with E-state index in [0.717, 1.165) is 42.4 Å². The number of benzene rings is 2. The summed E-state index contributed by atoms with van der Waals surface area (Å²) in [4.78, 5) is 26.9. The van der Waals surface area contributed by atoms with Crippen LogP contribution in [0.4, 0.5) is 4.39 Å². The van der Waals surface area contributed by atoms with Crippen molar-refractivity contribution in [2.45, 2.75) is 39.5 Å². The highest BCUT2D eigenvalue weighted by atomic mass is 19.1. The molecule has 1 N–H and O–H groups in total. The molecule has 2 aromatic rings. The maximum atomic E-state index is 14.8. The van der Waals surface area contributed by atoms with E-state index in [0.29, 0.717) is 19.6 Å². The van der Waals surface area contributed by atoms with Crippen LogP contribution in [-0.4, -0.2) is 36.3 Å². The summed E-state index contributed by atoms with van der Waals surface area (Å²) >= 11 is 0. The Morgan fingerprint density at radius 1 is 1.14 bits per heavy atom. The summed E-state index contributed by atoms with van der Waals surface area (Å²) < 4.78 is 14.8. The van der Waals surface area contributed by atoms with Gasteiger partial charge in [0, 0.05) is 19.6 Å². The molecule has 1 heterocycles. The number of likely N-dealkylation sites (tertiary alicyclic amines) is 1. The summed E-state index contributed by atoms with van der Waals surface area (Å²) in [5.74, 6) is -1.10. The molecule has 1 unspecified atom stereocenters. The fraction of sp³-hybridized carbons (Fsp3) is 0.417. The number of aryl methyl sites for hydroxylation is 1. The van der Waals surface area contributed by atoms with Gasteiger partial charge in [-0.1, -0.05) is 49.2 Å². The molecule has 2 amide bonds. The average molecular weight is 397 g/mol.